The summed E-state index contributed by atoms with van der Waals surface area (Å²) in [6.07, 6.45) is 2.83. The van der Waals surface area contributed by atoms with Gasteiger partial charge >= 0.3 is 0 Å². The molecule has 4 aromatic rings. The molecule has 1 N–H and O–H groups in total. The lowest BCUT2D eigenvalue weighted by molar-refractivity contribution is -0.122. The molecule has 0 saturated heterocycles. The summed E-state index contributed by atoms with van der Waals surface area (Å²) in [6.45, 7) is 2.16. The van der Waals surface area contributed by atoms with Crippen molar-refractivity contribution in [1.82, 2.24) is 14.8 Å². The van der Waals surface area contributed by atoms with Crippen LogP contribution in [0.4, 0.5) is 0 Å². The molecule has 0 spiro atoms. The van der Waals surface area contributed by atoms with Crippen LogP contribution in [0.25, 0.3) is 32.8 Å². The van der Waals surface area contributed by atoms with Crippen LogP contribution >= 0.6 is 11.6 Å². The largest absolute Gasteiger partial charge is 0.491 e. The van der Waals surface area contributed by atoms with Crippen molar-refractivity contribution in [3.8, 4) is 5.75 Å². The highest BCUT2D eigenvalue weighted by Gasteiger charge is 2.36. The van der Waals surface area contributed by atoms with Gasteiger partial charge in [-0.05, 0) is 55.1 Å². The number of aryl methyl sites for hydroxylation is 1. The molecule has 2 aliphatic rings. The zero-order valence-electron chi connectivity index (χ0n) is 19.5. The van der Waals surface area contributed by atoms with E-state index in [2.05, 4.69) is 26.9 Å². The van der Waals surface area contributed by atoms with Crippen LogP contribution < -0.4 is 10.1 Å². The Morgan fingerprint density at radius 3 is 2.66 bits per heavy atom. The second-order valence-electron chi connectivity index (χ2n) is 9.34. The predicted molar refractivity (Wildman–Crippen MR) is 138 cm³/mol. The molecule has 6 rings (SSSR count). The third kappa shape index (κ3) is 3.52. The van der Waals surface area contributed by atoms with Crippen LogP contribution in [-0.2, 0) is 22.7 Å². The summed E-state index contributed by atoms with van der Waals surface area (Å²) in [7, 11) is 4.02. The van der Waals surface area contributed by atoms with E-state index in [0.717, 1.165) is 52.5 Å². The highest BCUT2D eigenvalue weighted by Crippen LogP contribution is 2.43. The quantitative estimate of drug-likeness (QED) is 0.419. The number of amides is 2. The van der Waals surface area contributed by atoms with Gasteiger partial charge in [0, 0.05) is 40.8 Å². The Balaban J connectivity index is 1.66. The van der Waals surface area contributed by atoms with Crippen LogP contribution in [0.15, 0.2) is 54.7 Å². The summed E-state index contributed by atoms with van der Waals surface area (Å²) in [5, 5.41) is 5.65. The van der Waals surface area contributed by atoms with Crippen molar-refractivity contribution in [1.29, 1.82) is 0 Å². The van der Waals surface area contributed by atoms with E-state index in [9.17, 15) is 9.59 Å². The molecule has 2 amide bonds. The molecule has 1 aromatic heterocycles. The number of para-hydroxylation sites is 1. The summed E-state index contributed by atoms with van der Waals surface area (Å²) in [6, 6.07) is 15.7. The minimum atomic E-state index is -0.433. The number of fused-ring (bicyclic) bond motifs is 1. The number of aromatic nitrogens is 1. The molecule has 176 valence electrons. The van der Waals surface area contributed by atoms with Crippen molar-refractivity contribution in [3.05, 3.63) is 76.4 Å². The molecule has 3 heterocycles. The number of halogens is 1. The fraction of sp³-hybridized carbons (Fsp3) is 0.214. The second-order valence-corrected chi connectivity index (χ2v) is 9.75. The van der Waals surface area contributed by atoms with Crippen molar-refractivity contribution in [2.75, 3.05) is 20.7 Å². The van der Waals surface area contributed by atoms with Crippen LogP contribution in [0, 0.1) is 0 Å². The van der Waals surface area contributed by atoms with E-state index in [4.69, 9.17) is 16.3 Å². The van der Waals surface area contributed by atoms with Crippen LogP contribution in [0.5, 0.6) is 5.75 Å². The van der Waals surface area contributed by atoms with E-state index in [1.807, 2.05) is 50.6 Å². The first-order valence-electron chi connectivity index (χ1n) is 11.6. The van der Waals surface area contributed by atoms with E-state index >= 15 is 0 Å². The molecule has 0 radical (unpaired) electrons. The smallest absolute Gasteiger partial charge is 0.259 e. The molecular weight excluding hydrogens is 462 g/mol. The predicted octanol–water partition coefficient (Wildman–Crippen LogP) is 4.86. The van der Waals surface area contributed by atoms with Crippen molar-refractivity contribution < 1.29 is 14.3 Å². The zero-order valence-corrected chi connectivity index (χ0v) is 20.3. The maximum absolute atomic E-state index is 13.3. The molecule has 0 fully saturated rings. The lowest BCUT2D eigenvalue weighted by atomic mass is 9.91. The molecule has 35 heavy (non-hydrogen) atoms. The van der Waals surface area contributed by atoms with Gasteiger partial charge in [-0.1, -0.05) is 41.9 Å². The number of imide groups is 1. The number of carbonyl (C=O) groups excluding carboxylic acids is 2. The van der Waals surface area contributed by atoms with Gasteiger partial charge in [-0.25, -0.2) is 0 Å². The molecule has 3 aromatic carbocycles. The van der Waals surface area contributed by atoms with Gasteiger partial charge in [-0.15, -0.1) is 0 Å². The maximum Gasteiger partial charge on any atom is 0.259 e. The first kappa shape index (κ1) is 21.9. The number of hydrogen-bond donors (Lipinski definition) is 1. The number of ether oxygens (including phenoxy) is 1. The normalized spacial score (nSPS) is 15.8. The Kier molecular flexibility index (Phi) is 5.16. The van der Waals surface area contributed by atoms with Gasteiger partial charge in [-0.2, -0.15) is 0 Å². The van der Waals surface area contributed by atoms with Crippen molar-refractivity contribution in [2.45, 2.75) is 19.5 Å². The molecule has 2 aliphatic heterocycles. The van der Waals surface area contributed by atoms with Gasteiger partial charge in [0.1, 0.15) is 5.75 Å². The Morgan fingerprint density at radius 2 is 1.83 bits per heavy atom. The molecule has 0 unspecified atom stereocenters. The molecule has 0 aliphatic carbocycles. The number of benzene rings is 3. The number of rotatable bonds is 4. The van der Waals surface area contributed by atoms with E-state index in [1.54, 1.807) is 6.07 Å². The second kappa shape index (κ2) is 8.26. The molecule has 7 heteroatoms. The van der Waals surface area contributed by atoms with E-state index in [-0.39, 0.29) is 0 Å². The Morgan fingerprint density at radius 1 is 1.03 bits per heavy atom. The molecule has 0 atom stereocenters. The third-order valence-corrected chi connectivity index (χ3v) is 6.96. The number of carbonyl (C=O) groups is 2. The standard InChI is InChI=1S/C28H24ClN3O3/c1-31(2)14-16-7-8-17-9-10-21(29)23(19(17)13-16)25-24(27(33)30-28(25)34)20-15-32-11-4-12-35-22-6-3-5-18(20)26(22)32/h3,5-10,13,15H,4,11-12,14H2,1-2H3,(H,30,33,34). The summed E-state index contributed by atoms with van der Waals surface area (Å²) in [5.74, 6) is -0.0580. The van der Waals surface area contributed by atoms with Crippen LogP contribution in [0.3, 0.4) is 0 Å². The SMILES string of the molecule is CN(C)Cc1ccc2ccc(Cl)c(C3=C(c4cn5c6c(cccc46)OCCC5)C(=O)NC3=O)c2c1. The Bertz CT molecular complexity index is 1580. The van der Waals surface area contributed by atoms with E-state index in [1.165, 1.54) is 0 Å². The lowest BCUT2D eigenvalue weighted by Gasteiger charge is -2.14. The average molecular weight is 486 g/mol. The van der Waals surface area contributed by atoms with Gasteiger partial charge in [0.2, 0.25) is 0 Å². The minimum Gasteiger partial charge on any atom is -0.491 e. The monoisotopic (exact) mass is 485 g/mol. The average Bonchev–Trinajstić information content (AvgIpc) is 3.23. The van der Waals surface area contributed by atoms with Crippen LogP contribution in [0.1, 0.15) is 23.1 Å². The van der Waals surface area contributed by atoms with E-state index < -0.39 is 11.8 Å². The van der Waals surface area contributed by atoms with Crippen LogP contribution in [0.2, 0.25) is 5.02 Å². The summed E-state index contributed by atoms with van der Waals surface area (Å²) in [5.41, 5.74) is 4.00. The highest BCUT2D eigenvalue weighted by molar-refractivity contribution is 6.52. The Hall–Kier alpha value is -3.61. The summed E-state index contributed by atoms with van der Waals surface area (Å²) in [4.78, 5) is 28.6. The zero-order chi connectivity index (χ0) is 24.3. The summed E-state index contributed by atoms with van der Waals surface area (Å²) >= 11 is 6.75. The Labute approximate surface area is 207 Å². The fourth-order valence-corrected chi connectivity index (χ4v) is 5.50. The van der Waals surface area contributed by atoms with E-state index in [0.29, 0.717) is 33.9 Å². The van der Waals surface area contributed by atoms with Gasteiger partial charge in [0.15, 0.2) is 0 Å². The topological polar surface area (TPSA) is 63.6 Å². The van der Waals surface area contributed by atoms with Crippen molar-refractivity contribution >= 4 is 56.2 Å². The molecule has 0 bridgehead atoms. The molecular formula is C28H24ClN3O3. The number of hydrogen-bond acceptors (Lipinski definition) is 4. The first-order chi connectivity index (χ1) is 16.9. The van der Waals surface area contributed by atoms with Gasteiger partial charge in [0.05, 0.1) is 23.3 Å². The summed E-state index contributed by atoms with van der Waals surface area (Å²) < 4.78 is 8.07. The first-order valence-corrected chi connectivity index (χ1v) is 12.0. The molecule has 0 saturated carbocycles. The number of nitrogens with one attached hydrogen (secondary N) is 1. The number of nitrogens with zero attached hydrogens (tertiary/aromatic N) is 2. The van der Waals surface area contributed by atoms with Gasteiger partial charge in [-0.3, -0.25) is 14.9 Å². The maximum atomic E-state index is 13.3. The lowest BCUT2D eigenvalue weighted by Crippen LogP contribution is -2.22. The van der Waals surface area contributed by atoms with Crippen molar-refractivity contribution in [2.24, 2.45) is 0 Å². The van der Waals surface area contributed by atoms with Gasteiger partial charge < -0.3 is 14.2 Å². The fourth-order valence-electron chi connectivity index (χ4n) is 5.24. The third-order valence-electron chi connectivity index (χ3n) is 6.65. The van der Waals surface area contributed by atoms with Crippen LogP contribution in [-0.4, -0.2) is 42.0 Å². The highest BCUT2D eigenvalue weighted by atomic mass is 35.5. The molecule has 6 nitrogen and oxygen atoms in total. The minimum absolute atomic E-state index is 0.315. The van der Waals surface area contributed by atoms with Gasteiger partial charge in [0.25, 0.3) is 11.8 Å². The van der Waals surface area contributed by atoms with Crippen molar-refractivity contribution in [3.63, 3.8) is 0 Å².